The molecule has 2 aromatic carbocycles. The van der Waals surface area contributed by atoms with Gasteiger partial charge in [0.15, 0.2) is 0 Å². The third-order valence-electron chi connectivity index (χ3n) is 4.58. The number of benzene rings is 2. The Morgan fingerprint density at radius 3 is 2.46 bits per heavy atom. The number of nitrogens with zero attached hydrogens (tertiary/aromatic N) is 2. The van der Waals surface area contributed by atoms with Gasteiger partial charge in [-0.05, 0) is 42.5 Å². The molecule has 0 atom stereocenters. The molecule has 1 fully saturated rings. The molecule has 0 aliphatic carbocycles. The number of hydrogen-bond acceptors (Lipinski definition) is 2. The quantitative estimate of drug-likeness (QED) is 0.671. The summed E-state index contributed by atoms with van der Waals surface area (Å²) in [5.41, 5.74) is 3.12. The summed E-state index contributed by atoms with van der Waals surface area (Å²) in [6, 6.07) is 15.5. The van der Waals surface area contributed by atoms with Crippen molar-refractivity contribution in [2.24, 2.45) is 0 Å². The van der Waals surface area contributed by atoms with Gasteiger partial charge < -0.3 is 20.1 Å². The van der Waals surface area contributed by atoms with Gasteiger partial charge in [0.2, 0.25) is 0 Å². The molecule has 0 bridgehead atoms. The molecular weight excluding hydrogens is 371 g/mol. The SMILES string of the molecule is Cl.O=C(Nc1ccc(Cl)cc1)N1CCN(c2cccc3[nH]ccc23)CC1. The van der Waals surface area contributed by atoms with Crippen molar-refractivity contribution in [3.63, 3.8) is 0 Å². The second kappa shape index (κ2) is 7.89. The highest BCUT2D eigenvalue weighted by Gasteiger charge is 2.22. The van der Waals surface area contributed by atoms with Gasteiger partial charge in [0, 0.05) is 59.7 Å². The highest BCUT2D eigenvalue weighted by Crippen LogP contribution is 2.27. The Labute approximate surface area is 163 Å². The number of hydrogen-bond donors (Lipinski definition) is 2. The molecule has 26 heavy (non-hydrogen) atoms. The van der Waals surface area contributed by atoms with Crippen LogP contribution in [0.3, 0.4) is 0 Å². The lowest BCUT2D eigenvalue weighted by Crippen LogP contribution is -2.50. The first kappa shape index (κ1) is 18.4. The molecule has 0 spiro atoms. The van der Waals surface area contributed by atoms with Crippen molar-refractivity contribution in [2.45, 2.75) is 0 Å². The maximum absolute atomic E-state index is 12.4. The number of amides is 2. The molecule has 4 rings (SSSR count). The van der Waals surface area contributed by atoms with Crippen LogP contribution >= 0.6 is 24.0 Å². The number of nitrogens with one attached hydrogen (secondary N) is 2. The number of carbonyl (C=O) groups excluding carboxylic acids is 1. The monoisotopic (exact) mass is 390 g/mol. The second-order valence-electron chi connectivity index (χ2n) is 6.13. The van der Waals surface area contributed by atoms with Crippen LogP contribution in [0.15, 0.2) is 54.7 Å². The second-order valence-corrected chi connectivity index (χ2v) is 6.56. The average Bonchev–Trinajstić information content (AvgIpc) is 3.12. The van der Waals surface area contributed by atoms with Crippen LogP contribution < -0.4 is 10.2 Å². The molecule has 7 heteroatoms. The lowest BCUT2D eigenvalue weighted by Gasteiger charge is -2.36. The maximum Gasteiger partial charge on any atom is 0.321 e. The van der Waals surface area contributed by atoms with E-state index in [0.29, 0.717) is 18.1 Å². The molecule has 1 aliphatic rings. The van der Waals surface area contributed by atoms with E-state index in [1.54, 1.807) is 12.1 Å². The Hall–Kier alpha value is -2.37. The predicted octanol–water partition coefficient (Wildman–Crippen LogP) is 4.60. The minimum Gasteiger partial charge on any atom is -0.367 e. The van der Waals surface area contributed by atoms with Crippen molar-refractivity contribution in [3.8, 4) is 0 Å². The number of halogens is 2. The number of fused-ring (bicyclic) bond motifs is 1. The fourth-order valence-electron chi connectivity index (χ4n) is 3.23. The zero-order valence-electron chi connectivity index (χ0n) is 14.1. The fourth-order valence-corrected chi connectivity index (χ4v) is 3.36. The van der Waals surface area contributed by atoms with Gasteiger partial charge in [0.1, 0.15) is 0 Å². The molecule has 1 aliphatic heterocycles. The van der Waals surface area contributed by atoms with Crippen molar-refractivity contribution in [1.29, 1.82) is 0 Å². The normalized spacial score (nSPS) is 14.2. The van der Waals surface area contributed by atoms with Crippen LogP contribution in [-0.4, -0.2) is 42.1 Å². The summed E-state index contributed by atoms with van der Waals surface area (Å²) in [7, 11) is 0. The minimum absolute atomic E-state index is 0. The van der Waals surface area contributed by atoms with Crippen LogP contribution in [0.2, 0.25) is 5.02 Å². The third kappa shape index (κ3) is 3.74. The Balaban J connectivity index is 0.00000196. The van der Waals surface area contributed by atoms with Crippen LogP contribution in [0, 0.1) is 0 Å². The smallest absolute Gasteiger partial charge is 0.321 e. The average molecular weight is 391 g/mol. The van der Waals surface area contributed by atoms with Crippen LogP contribution in [0.25, 0.3) is 10.9 Å². The largest absolute Gasteiger partial charge is 0.367 e. The first-order valence-corrected chi connectivity index (χ1v) is 8.71. The summed E-state index contributed by atoms with van der Waals surface area (Å²) >= 11 is 5.87. The minimum atomic E-state index is -0.0678. The van der Waals surface area contributed by atoms with Crippen molar-refractivity contribution in [3.05, 3.63) is 59.8 Å². The number of anilines is 2. The Kier molecular flexibility index (Phi) is 5.59. The fraction of sp³-hybridized carbons (Fsp3) is 0.211. The maximum atomic E-state index is 12.4. The van der Waals surface area contributed by atoms with E-state index in [1.807, 2.05) is 23.2 Å². The highest BCUT2D eigenvalue weighted by molar-refractivity contribution is 6.30. The van der Waals surface area contributed by atoms with E-state index in [2.05, 4.69) is 39.5 Å². The van der Waals surface area contributed by atoms with Gasteiger partial charge in [-0.25, -0.2) is 4.79 Å². The lowest BCUT2D eigenvalue weighted by atomic mass is 10.2. The summed E-state index contributed by atoms with van der Waals surface area (Å²) < 4.78 is 0. The summed E-state index contributed by atoms with van der Waals surface area (Å²) in [5, 5.41) is 4.81. The van der Waals surface area contributed by atoms with E-state index in [1.165, 1.54) is 11.1 Å². The number of aromatic nitrogens is 1. The molecule has 1 aromatic heterocycles. The summed E-state index contributed by atoms with van der Waals surface area (Å²) in [6.07, 6.45) is 1.96. The first-order chi connectivity index (χ1) is 12.2. The van der Waals surface area contributed by atoms with Crippen LogP contribution in [0.1, 0.15) is 0 Å². The number of aromatic amines is 1. The van der Waals surface area contributed by atoms with E-state index in [4.69, 9.17) is 11.6 Å². The van der Waals surface area contributed by atoms with Gasteiger partial charge in [0.05, 0.1) is 0 Å². The standard InChI is InChI=1S/C19H19ClN4O.ClH/c20-14-4-6-15(7-5-14)22-19(25)24-12-10-23(11-13-24)18-3-1-2-17-16(18)8-9-21-17;/h1-9,21H,10-13H2,(H,22,25);1H. The third-order valence-corrected chi connectivity index (χ3v) is 4.83. The van der Waals surface area contributed by atoms with E-state index in [0.717, 1.165) is 24.3 Å². The van der Waals surface area contributed by atoms with Crippen LogP contribution in [-0.2, 0) is 0 Å². The van der Waals surface area contributed by atoms with Gasteiger partial charge >= 0.3 is 6.03 Å². The number of carbonyl (C=O) groups is 1. The van der Waals surface area contributed by atoms with E-state index in [-0.39, 0.29) is 18.4 Å². The summed E-state index contributed by atoms with van der Waals surface area (Å²) in [5.74, 6) is 0. The molecule has 1 saturated heterocycles. The summed E-state index contributed by atoms with van der Waals surface area (Å²) in [4.78, 5) is 19.9. The number of rotatable bonds is 2. The highest BCUT2D eigenvalue weighted by atomic mass is 35.5. The molecule has 136 valence electrons. The zero-order valence-corrected chi connectivity index (χ0v) is 15.7. The van der Waals surface area contributed by atoms with E-state index >= 15 is 0 Å². The molecule has 2 heterocycles. The Morgan fingerprint density at radius 1 is 1.00 bits per heavy atom. The first-order valence-electron chi connectivity index (χ1n) is 8.33. The number of piperazine rings is 1. The van der Waals surface area contributed by atoms with Gasteiger partial charge in [-0.15, -0.1) is 12.4 Å². The van der Waals surface area contributed by atoms with E-state index < -0.39 is 0 Å². The van der Waals surface area contributed by atoms with Crippen molar-refractivity contribution in [1.82, 2.24) is 9.88 Å². The molecule has 3 aromatic rings. The molecule has 5 nitrogen and oxygen atoms in total. The van der Waals surface area contributed by atoms with Crippen molar-refractivity contribution in [2.75, 3.05) is 36.4 Å². The zero-order chi connectivity index (χ0) is 17.2. The molecular formula is C19H20Cl2N4O. The van der Waals surface area contributed by atoms with Crippen molar-refractivity contribution < 1.29 is 4.79 Å². The number of urea groups is 1. The van der Waals surface area contributed by atoms with Crippen LogP contribution in [0.4, 0.5) is 16.2 Å². The topological polar surface area (TPSA) is 51.4 Å². The predicted molar refractivity (Wildman–Crippen MR) is 110 cm³/mol. The molecule has 0 radical (unpaired) electrons. The molecule has 2 N–H and O–H groups in total. The van der Waals surface area contributed by atoms with Crippen LogP contribution in [0.5, 0.6) is 0 Å². The lowest BCUT2D eigenvalue weighted by molar-refractivity contribution is 0.208. The van der Waals surface area contributed by atoms with Gasteiger partial charge in [-0.2, -0.15) is 0 Å². The molecule has 2 amide bonds. The summed E-state index contributed by atoms with van der Waals surface area (Å²) in [6.45, 7) is 3.02. The molecule has 0 unspecified atom stereocenters. The molecule has 0 saturated carbocycles. The van der Waals surface area contributed by atoms with Crippen molar-refractivity contribution >= 4 is 52.3 Å². The van der Waals surface area contributed by atoms with Gasteiger partial charge in [-0.3, -0.25) is 0 Å². The van der Waals surface area contributed by atoms with Gasteiger partial charge in [-0.1, -0.05) is 17.7 Å². The number of H-pyrrole nitrogens is 1. The van der Waals surface area contributed by atoms with E-state index in [9.17, 15) is 4.79 Å². The van der Waals surface area contributed by atoms with Gasteiger partial charge in [0.25, 0.3) is 0 Å². The Morgan fingerprint density at radius 2 is 1.73 bits per heavy atom. The Bertz CT molecular complexity index is 886.